The molecule has 2 heterocycles. The first-order chi connectivity index (χ1) is 13.1. The molecule has 1 aromatic rings. The van der Waals surface area contributed by atoms with Crippen molar-refractivity contribution in [1.82, 2.24) is 0 Å². The molecule has 0 saturated carbocycles. The molecule has 1 N–H and O–H groups in total. The highest BCUT2D eigenvalue weighted by Crippen LogP contribution is 2.38. The lowest BCUT2D eigenvalue weighted by atomic mass is 9.88. The number of aliphatic hydroxyl groups excluding tert-OH is 1. The fourth-order valence-corrected chi connectivity index (χ4v) is 3.98. The predicted molar refractivity (Wildman–Crippen MR) is 103 cm³/mol. The highest BCUT2D eigenvalue weighted by Gasteiger charge is 2.47. The van der Waals surface area contributed by atoms with Gasteiger partial charge in [0.25, 0.3) is 0 Å². The minimum absolute atomic E-state index is 0.0192. The number of benzene rings is 1. The number of aliphatic hydroxyl groups is 1. The van der Waals surface area contributed by atoms with Gasteiger partial charge in [-0.05, 0) is 37.7 Å². The van der Waals surface area contributed by atoms with Crippen LogP contribution in [0.5, 0.6) is 0 Å². The van der Waals surface area contributed by atoms with Gasteiger partial charge in [0.2, 0.25) is 0 Å². The molecular formula is C22H34O5. The average Bonchev–Trinajstić information content (AvgIpc) is 3.11. The second-order valence-electron chi connectivity index (χ2n) is 8.21. The molecule has 2 unspecified atom stereocenters. The SMILES string of the molecule is CC(CO)CCCC1(C)OCC2(CC[C@H]1OCc1ccccc1)OCCO2. The van der Waals surface area contributed by atoms with Gasteiger partial charge in [0.15, 0.2) is 5.79 Å². The largest absolute Gasteiger partial charge is 0.396 e. The highest BCUT2D eigenvalue weighted by molar-refractivity contribution is 5.13. The molecule has 5 heteroatoms. The maximum Gasteiger partial charge on any atom is 0.192 e. The molecule has 5 nitrogen and oxygen atoms in total. The lowest BCUT2D eigenvalue weighted by Crippen LogP contribution is -2.44. The molecule has 1 spiro atoms. The maximum absolute atomic E-state index is 9.29. The Morgan fingerprint density at radius 3 is 2.63 bits per heavy atom. The van der Waals surface area contributed by atoms with Crippen LogP contribution >= 0.6 is 0 Å². The lowest BCUT2D eigenvalue weighted by molar-refractivity contribution is -0.215. The van der Waals surface area contributed by atoms with Crippen molar-refractivity contribution in [2.45, 2.75) is 70.1 Å². The number of ether oxygens (including phenoxy) is 4. The minimum Gasteiger partial charge on any atom is -0.396 e. The Balaban J connectivity index is 1.66. The molecule has 0 amide bonds. The molecule has 27 heavy (non-hydrogen) atoms. The van der Waals surface area contributed by atoms with E-state index in [4.69, 9.17) is 18.9 Å². The standard InChI is InChI=1S/C22H34O5/c1-18(15-23)7-6-11-21(2)20(24-16-19-8-4-3-5-9-19)10-12-22(17-27-21)25-13-14-26-22/h3-5,8-9,18,20,23H,6-7,10-17H2,1-2H3/t18?,20-,21?/m1/s1. The summed E-state index contributed by atoms with van der Waals surface area (Å²) in [7, 11) is 0. The summed E-state index contributed by atoms with van der Waals surface area (Å²) in [4.78, 5) is 0. The van der Waals surface area contributed by atoms with E-state index in [1.165, 1.54) is 5.56 Å². The molecule has 0 aromatic heterocycles. The van der Waals surface area contributed by atoms with Crippen molar-refractivity contribution in [1.29, 1.82) is 0 Å². The van der Waals surface area contributed by atoms with E-state index in [1.54, 1.807) is 0 Å². The molecular weight excluding hydrogens is 344 g/mol. The van der Waals surface area contributed by atoms with Crippen molar-refractivity contribution in [2.75, 3.05) is 26.4 Å². The zero-order valence-corrected chi connectivity index (χ0v) is 16.7. The van der Waals surface area contributed by atoms with Gasteiger partial charge in [-0.1, -0.05) is 43.7 Å². The van der Waals surface area contributed by atoms with Crippen LogP contribution in [0.2, 0.25) is 0 Å². The molecule has 2 fully saturated rings. The van der Waals surface area contributed by atoms with Crippen LogP contribution in [0, 0.1) is 5.92 Å². The maximum atomic E-state index is 9.29. The van der Waals surface area contributed by atoms with Crippen molar-refractivity contribution < 1.29 is 24.1 Å². The Hall–Kier alpha value is -0.980. The van der Waals surface area contributed by atoms with Crippen molar-refractivity contribution >= 4 is 0 Å². The molecule has 2 saturated heterocycles. The van der Waals surface area contributed by atoms with E-state index in [-0.39, 0.29) is 18.3 Å². The predicted octanol–water partition coefficient (Wildman–Crippen LogP) is 3.68. The van der Waals surface area contributed by atoms with E-state index >= 15 is 0 Å². The minimum atomic E-state index is -0.607. The van der Waals surface area contributed by atoms with E-state index in [1.807, 2.05) is 18.2 Å². The fraction of sp³-hybridized carbons (Fsp3) is 0.727. The highest BCUT2D eigenvalue weighted by atomic mass is 16.8. The van der Waals surface area contributed by atoms with Gasteiger partial charge in [-0.3, -0.25) is 0 Å². The van der Waals surface area contributed by atoms with Gasteiger partial charge in [-0.25, -0.2) is 0 Å². The normalized spacial score (nSPS) is 28.9. The molecule has 0 bridgehead atoms. The number of rotatable bonds is 8. The summed E-state index contributed by atoms with van der Waals surface area (Å²) in [6.07, 6.45) is 4.49. The Morgan fingerprint density at radius 2 is 1.93 bits per heavy atom. The van der Waals surface area contributed by atoms with Crippen LogP contribution in [-0.4, -0.2) is 49.0 Å². The molecule has 0 aliphatic carbocycles. The Labute approximate surface area is 163 Å². The zero-order chi connectivity index (χ0) is 19.2. The molecule has 3 atom stereocenters. The smallest absolute Gasteiger partial charge is 0.192 e. The van der Waals surface area contributed by atoms with Crippen LogP contribution in [0.15, 0.2) is 30.3 Å². The van der Waals surface area contributed by atoms with Crippen molar-refractivity contribution in [3.63, 3.8) is 0 Å². The molecule has 3 rings (SSSR count). The van der Waals surface area contributed by atoms with Crippen LogP contribution in [0.25, 0.3) is 0 Å². The van der Waals surface area contributed by atoms with E-state index in [0.29, 0.717) is 32.3 Å². The third kappa shape index (κ3) is 5.52. The van der Waals surface area contributed by atoms with E-state index in [0.717, 1.165) is 32.1 Å². The topological polar surface area (TPSA) is 57.2 Å². The van der Waals surface area contributed by atoms with Crippen LogP contribution in [-0.2, 0) is 25.6 Å². The van der Waals surface area contributed by atoms with Gasteiger partial charge in [0.05, 0.1) is 31.5 Å². The molecule has 1 aromatic carbocycles. The number of hydrogen-bond donors (Lipinski definition) is 1. The second kappa shape index (κ2) is 9.48. The second-order valence-corrected chi connectivity index (χ2v) is 8.21. The molecule has 0 radical (unpaired) electrons. The van der Waals surface area contributed by atoms with Gasteiger partial charge >= 0.3 is 0 Å². The zero-order valence-electron chi connectivity index (χ0n) is 16.7. The summed E-state index contributed by atoms with van der Waals surface area (Å²) in [6, 6.07) is 10.3. The first kappa shape index (κ1) is 20.7. The van der Waals surface area contributed by atoms with E-state index < -0.39 is 5.79 Å². The lowest BCUT2D eigenvalue weighted by Gasteiger charge is -2.36. The van der Waals surface area contributed by atoms with Crippen molar-refractivity contribution in [2.24, 2.45) is 5.92 Å². The molecule has 2 aliphatic rings. The van der Waals surface area contributed by atoms with Gasteiger partial charge in [0.1, 0.15) is 6.61 Å². The van der Waals surface area contributed by atoms with E-state index in [2.05, 4.69) is 26.0 Å². The average molecular weight is 379 g/mol. The van der Waals surface area contributed by atoms with Gasteiger partial charge < -0.3 is 24.1 Å². The third-order valence-electron chi connectivity index (χ3n) is 5.88. The van der Waals surface area contributed by atoms with Gasteiger partial charge in [0, 0.05) is 13.0 Å². The van der Waals surface area contributed by atoms with Crippen LogP contribution in [0.3, 0.4) is 0 Å². The van der Waals surface area contributed by atoms with Crippen LogP contribution in [0.1, 0.15) is 51.5 Å². The van der Waals surface area contributed by atoms with Gasteiger partial charge in [-0.15, -0.1) is 0 Å². The van der Waals surface area contributed by atoms with Gasteiger partial charge in [-0.2, -0.15) is 0 Å². The summed E-state index contributed by atoms with van der Waals surface area (Å²) in [6.45, 7) is 6.75. The molecule has 152 valence electrons. The number of hydrogen-bond acceptors (Lipinski definition) is 5. The summed E-state index contributed by atoms with van der Waals surface area (Å²) in [5.74, 6) is -0.291. The van der Waals surface area contributed by atoms with E-state index in [9.17, 15) is 5.11 Å². The first-order valence-corrected chi connectivity index (χ1v) is 10.2. The molecule has 2 aliphatic heterocycles. The monoisotopic (exact) mass is 378 g/mol. The summed E-state index contributed by atoms with van der Waals surface area (Å²) in [5.41, 5.74) is 0.782. The van der Waals surface area contributed by atoms with Crippen LogP contribution < -0.4 is 0 Å². The quantitative estimate of drug-likeness (QED) is 0.748. The van der Waals surface area contributed by atoms with Crippen molar-refractivity contribution in [3.05, 3.63) is 35.9 Å². The Bertz CT molecular complexity index is 557. The third-order valence-corrected chi connectivity index (χ3v) is 5.88. The summed E-state index contributed by atoms with van der Waals surface area (Å²) < 4.78 is 24.6. The Morgan fingerprint density at radius 1 is 1.19 bits per heavy atom. The first-order valence-electron chi connectivity index (χ1n) is 10.2. The van der Waals surface area contributed by atoms with Crippen molar-refractivity contribution in [3.8, 4) is 0 Å². The summed E-state index contributed by atoms with van der Waals surface area (Å²) >= 11 is 0. The fourth-order valence-electron chi connectivity index (χ4n) is 3.98. The Kier molecular flexibility index (Phi) is 7.29. The van der Waals surface area contributed by atoms with Crippen LogP contribution in [0.4, 0.5) is 0 Å². The summed E-state index contributed by atoms with van der Waals surface area (Å²) in [5, 5.41) is 9.29.